The van der Waals surface area contributed by atoms with Crippen LogP contribution in [-0.4, -0.2) is 25.2 Å². The van der Waals surface area contributed by atoms with E-state index in [1.807, 2.05) is 24.3 Å². The smallest absolute Gasteiger partial charge is 0.256 e. The van der Waals surface area contributed by atoms with Crippen molar-refractivity contribution >= 4 is 22.4 Å². The molecule has 122 valence electrons. The van der Waals surface area contributed by atoms with Gasteiger partial charge in [-0.15, -0.1) is 0 Å². The number of ether oxygens (including phenoxy) is 2. The van der Waals surface area contributed by atoms with Gasteiger partial charge in [-0.05, 0) is 35.0 Å². The Morgan fingerprint density at radius 3 is 2.54 bits per heavy atom. The average molecular weight is 323 g/mol. The fourth-order valence-electron chi connectivity index (χ4n) is 2.58. The zero-order chi connectivity index (χ0) is 17.1. The lowest BCUT2D eigenvalue weighted by molar-refractivity contribution is 0.102. The molecule has 0 unspecified atom stereocenters. The van der Waals surface area contributed by atoms with Crippen molar-refractivity contribution in [2.24, 2.45) is 0 Å². The summed E-state index contributed by atoms with van der Waals surface area (Å²) < 4.78 is 10.5. The largest absolute Gasteiger partial charge is 0.508 e. The number of amides is 1. The normalized spacial score (nSPS) is 10.4. The zero-order valence-electron chi connectivity index (χ0n) is 13.4. The van der Waals surface area contributed by atoms with E-state index < -0.39 is 0 Å². The lowest BCUT2D eigenvalue weighted by Crippen LogP contribution is -2.13. The number of nitrogens with one attached hydrogen (secondary N) is 1. The van der Waals surface area contributed by atoms with Gasteiger partial charge < -0.3 is 19.9 Å². The van der Waals surface area contributed by atoms with Crippen molar-refractivity contribution in [3.8, 4) is 17.2 Å². The van der Waals surface area contributed by atoms with Gasteiger partial charge in [0.05, 0.1) is 25.5 Å². The maximum absolute atomic E-state index is 12.7. The molecule has 24 heavy (non-hydrogen) atoms. The average Bonchev–Trinajstić information content (AvgIpc) is 2.60. The summed E-state index contributed by atoms with van der Waals surface area (Å²) in [6.45, 7) is 0. The van der Waals surface area contributed by atoms with E-state index in [1.165, 1.54) is 13.2 Å². The summed E-state index contributed by atoms with van der Waals surface area (Å²) >= 11 is 0. The molecule has 1 amide bonds. The first-order chi connectivity index (χ1) is 11.6. The first-order valence-electron chi connectivity index (χ1n) is 7.37. The SMILES string of the molecule is COc1ccc(OC)c(NC(=O)c2cc(O)cc3ccccc23)c1. The third-order valence-corrected chi connectivity index (χ3v) is 3.75. The third kappa shape index (κ3) is 2.96. The molecule has 0 saturated carbocycles. The molecular formula is C19H17NO4. The Morgan fingerprint density at radius 2 is 1.79 bits per heavy atom. The predicted octanol–water partition coefficient (Wildman–Crippen LogP) is 3.81. The van der Waals surface area contributed by atoms with E-state index in [2.05, 4.69) is 5.32 Å². The van der Waals surface area contributed by atoms with E-state index in [0.29, 0.717) is 22.7 Å². The molecule has 3 aromatic carbocycles. The van der Waals surface area contributed by atoms with Crippen LogP contribution in [0.15, 0.2) is 54.6 Å². The van der Waals surface area contributed by atoms with Crippen LogP contribution < -0.4 is 14.8 Å². The highest BCUT2D eigenvalue weighted by Gasteiger charge is 2.14. The molecule has 0 aromatic heterocycles. The monoisotopic (exact) mass is 323 g/mol. The fourth-order valence-corrected chi connectivity index (χ4v) is 2.58. The topological polar surface area (TPSA) is 67.8 Å². The van der Waals surface area contributed by atoms with Gasteiger partial charge in [0, 0.05) is 6.07 Å². The maximum atomic E-state index is 12.7. The minimum atomic E-state index is -0.339. The molecule has 0 aliphatic carbocycles. The Kier molecular flexibility index (Phi) is 4.24. The van der Waals surface area contributed by atoms with E-state index >= 15 is 0 Å². The minimum absolute atomic E-state index is 0.0384. The summed E-state index contributed by atoms with van der Waals surface area (Å²) in [5.74, 6) is 0.825. The highest BCUT2D eigenvalue weighted by atomic mass is 16.5. The molecule has 0 heterocycles. The molecular weight excluding hydrogens is 306 g/mol. The third-order valence-electron chi connectivity index (χ3n) is 3.75. The van der Waals surface area contributed by atoms with Crippen molar-refractivity contribution in [1.29, 1.82) is 0 Å². The van der Waals surface area contributed by atoms with E-state index in [4.69, 9.17) is 9.47 Å². The summed E-state index contributed by atoms with van der Waals surface area (Å²) in [4.78, 5) is 12.7. The van der Waals surface area contributed by atoms with Gasteiger partial charge in [0.1, 0.15) is 17.2 Å². The molecule has 3 aromatic rings. The number of carbonyl (C=O) groups excluding carboxylic acids is 1. The van der Waals surface area contributed by atoms with Crippen LogP contribution in [0.1, 0.15) is 10.4 Å². The number of phenols is 1. The number of aromatic hydroxyl groups is 1. The van der Waals surface area contributed by atoms with Crippen molar-refractivity contribution < 1.29 is 19.4 Å². The number of hydrogen-bond donors (Lipinski definition) is 2. The molecule has 0 fully saturated rings. The van der Waals surface area contributed by atoms with Crippen LogP contribution in [0.25, 0.3) is 10.8 Å². The van der Waals surface area contributed by atoms with Crippen molar-refractivity contribution in [2.45, 2.75) is 0 Å². The van der Waals surface area contributed by atoms with Crippen LogP contribution in [0.2, 0.25) is 0 Å². The number of phenolic OH excluding ortho intramolecular Hbond substituents is 1. The number of hydrogen-bond acceptors (Lipinski definition) is 4. The van der Waals surface area contributed by atoms with E-state index in [0.717, 1.165) is 10.8 Å². The number of methoxy groups -OCH3 is 2. The number of benzene rings is 3. The summed E-state index contributed by atoms with van der Waals surface area (Å²) in [6.07, 6.45) is 0. The second-order valence-electron chi connectivity index (χ2n) is 5.23. The van der Waals surface area contributed by atoms with E-state index in [-0.39, 0.29) is 11.7 Å². The van der Waals surface area contributed by atoms with Crippen LogP contribution in [0.3, 0.4) is 0 Å². The highest BCUT2D eigenvalue weighted by Crippen LogP contribution is 2.31. The van der Waals surface area contributed by atoms with Gasteiger partial charge in [-0.2, -0.15) is 0 Å². The molecule has 0 saturated heterocycles. The van der Waals surface area contributed by atoms with Gasteiger partial charge in [0.2, 0.25) is 0 Å². The van der Waals surface area contributed by atoms with Gasteiger partial charge in [-0.25, -0.2) is 0 Å². The quantitative estimate of drug-likeness (QED) is 0.766. The Balaban J connectivity index is 2.02. The Bertz CT molecular complexity index is 905. The molecule has 0 spiro atoms. The number of anilines is 1. The Morgan fingerprint density at radius 1 is 1.00 bits per heavy atom. The van der Waals surface area contributed by atoms with Gasteiger partial charge in [-0.3, -0.25) is 4.79 Å². The fraction of sp³-hybridized carbons (Fsp3) is 0.105. The van der Waals surface area contributed by atoms with Crippen LogP contribution in [0.5, 0.6) is 17.2 Å². The van der Waals surface area contributed by atoms with Crippen molar-refractivity contribution in [2.75, 3.05) is 19.5 Å². The van der Waals surface area contributed by atoms with E-state index in [1.54, 1.807) is 31.4 Å². The second kappa shape index (κ2) is 6.50. The number of rotatable bonds is 4. The van der Waals surface area contributed by atoms with Gasteiger partial charge in [0.25, 0.3) is 5.91 Å². The molecule has 3 rings (SSSR count). The Labute approximate surface area is 139 Å². The summed E-state index contributed by atoms with van der Waals surface area (Å²) in [6, 6.07) is 15.6. The lowest BCUT2D eigenvalue weighted by Gasteiger charge is -2.13. The van der Waals surface area contributed by atoms with Gasteiger partial charge in [-0.1, -0.05) is 24.3 Å². The molecule has 5 heteroatoms. The van der Waals surface area contributed by atoms with Crippen LogP contribution in [0.4, 0.5) is 5.69 Å². The molecule has 0 bridgehead atoms. The molecule has 0 aliphatic heterocycles. The van der Waals surface area contributed by atoms with Gasteiger partial charge >= 0.3 is 0 Å². The van der Waals surface area contributed by atoms with Crippen molar-refractivity contribution in [1.82, 2.24) is 0 Å². The van der Waals surface area contributed by atoms with Gasteiger partial charge in [0.15, 0.2) is 0 Å². The van der Waals surface area contributed by atoms with Crippen LogP contribution in [-0.2, 0) is 0 Å². The first kappa shape index (κ1) is 15.7. The lowest BCUT2D eigenvalue weighted by atomic mass is 10.0. The summed E-state index contributed by atoms with van der Waals surface area (Å²) in [5.41, 5.74) is 0.879. The molecule has 0 radical (unpaired) electrons. The standard InChI is InChI=1S/C19H17NO4/c1-23-14-7-8-18(24-2)17(11-14)20-19(22)16-10-13(21)9-12-5-3-4-6-15(12)16/h3-11,21H,1-2H3,(H,20,22). The minimum Gasteiger partial charge on any atom is -0.508 e. The van der Waals surface area contributed by atoms with Crippen molar-refractivity contribution in [3.05, 3.63) is 60.2 Å². The molecule has 5 nitrogen and oxygen atoms in total. The number of fused-ring (bicyclic) bond motifs is 1. The van der Waals surface area contributed by atoms with E-state index in [9.17, 15) is 9.90 Å². The zero-order valence-corrected chi connectivity index (χ0v) is 13.4. The first-order valence-corrected chi connectivity index (χ1v) is 7.37. The second-order valence-corrected chi connectivity index (χ2v) is 5.23. The predicted molar refractivity (Wildman–Crippen MR) is 93.1 cm³/mol. The number of carbonyl (C=O) groups is 1. The van der Waals surface area contributed by atoms with Crippen LogP contribution in [0, 0.1) is 0 Å². The highest BCUT2D eigenvalue weighted by molar-refractivity contribution is 6.13. The molecule has 2 N–H and O–H groups in total. The van der Waals surface area contributed by atoms with Crippen LogP contribution >= 0.6 is 0 Å². The van der Waals surface area contributed by atoms with Crippen molar-refractivity contribution in [3.63, 3.8) is 0 Å². The summed E-state index contributed by atoms with van der Waals surface area (Å²) in [7, 11) is 3.08. The molecule has 0 aliphatic rings. The maximum Gasteiger partial charge on any atom is 0.256 e. The summed E-state index contributed by atoms with van der Waals surface area (Å²) in [5, 5.41) is 14.3. The Hall–Kier alpha value is -3.21. The molecule has 0 atom stereocenters.